The van der Waals surface area contributed by atoms with E-state index in [0.717, 1.165) is 16.1 Å². The van der Waals surface area contributed by atoms with Crippen LogP contribution in [0.25, 0.3) is 0 Å². The van der Waals surface area contributed by atoms with Crippen molar-refractivity contribution in [1.82, 2.24) is 0 Å². The smallest absolute Gasteiger partial charge is 0.340 e. The molecule has 2 aromatic carbocycles. The zero-order valence-electron chi connectivity index (χ0n) is 10.6. The molecule has 2 aromatic rings. The lowest BCUT2D eigenvalue weighted by Crippen LogP contribution is -2.09. The minimum Gasteiger partial charge on any atom is -0.478 e. The number of nitrogens with one attached hydrogen (secondary N) is 1. The average Bonchev–Trinajstić information content (AvgIpc) is 2.38. The monoisotopic (exact) mass is 338 g/mol. The molecule has 0 unspecified atom stereocenters. The van der Waals surface area contributed by atoms with Gasteiger partial charge in [0.05, 0.1) is 17.1 Å². The van der Waals surface area contributed by atoms with Crippen molar-refractivity contribution >= 4 is 39.0 Å². The van der Waals surface area contributed by atoms with Crippen molar-refractivity contribution in [2.45, 2.75) is 6.92 Å². The zero-order chi connectivity index (χ0) is 14.9. The van der Waals surface area contributed by atoms with Crippen molar-refractivity contribution in [2.75, 3.05) is 11.1 Å². The molecule has 0 aliphatic rings. The van der Waals surface area contributed by atoms with Crippen molar-refractivity contribution in [3.63, 3.8) is 0 Å². The van der Waals surface area contributed by atoms with Crippen LogP contribution in [0.5, 0.6) is 0 Å². The van der Waals surface area contributed by atoms with Gasteiger partial charge in [0.1, 0.15) is 11.4 Å². The summed E-state index contributed by atoms with van der Waals surface area (Å²) in [6.45, 7) is 1.91. The second-order valence-electron chi connectivity index (χ2n) is 4.30. The third-order valence-electron chi connectivity index (χ3n) is 2.80. The van der Waals surface area contributed by atoms with Crippen LogP contribution in [0, 0.1) is 12.7 Å². The Hall–Kier alpha value is -2.08. The van der Waals surface area contributed by atoms with E-state index in [1.165, 1.54) is 6.07 Å². The maximum absolute atomic E-state index is 13.4. The number of rotatable bonds is 3. The van der Waals surface area contributed by atoms with E-state index in [1.807, 2.05) is 25.1 Å². The van der Waals surface area contributed by atoms with Gasteiger partial charge in [-0.2, -0.15) is 0 Å². The first-order valence-corrected chi connectivity index (χ1v) is 6.54. The molecule has 0 fully saturated rings. The lowest BCUT2D eigenvalue weighted by Gasteiger charge is -2.13. The Labute approximate surface area is 123 Å². The number of anilines is 3. The zero-order valence-corrected chi connectivity index (χ0v) is 12.2. The molecule has 0 aromatic heterocycles. The molecule has 104 valence electrons. The number of benzene rings is 2. The lowest BCUT2D eigenvalue weighted by atomic mass is 10.1. The molecule has 0 spiro atoms. The number of hydrogen-bond acceptors (Lipinski definition) is 3. The Bertz CT molecular complexity index is 689. The normalized spacial score (nSPS) is 10.3. The topological polar surface area (TPSA) is 75.3 Å². The van der Waals surface area contributed by atoms with E-state index >= 15 is 0 Å². The Morgan fingerprint density at radius 3 is 2.65 bits per heavy atom. The number of hydrogen-bond donors (Lipinski definition) is 3. The molecule has 20 heavy (non-hydrogen) atoms. The molecule has 0 amide bonds. The first-order chi connectivity index (χ1) is 9.40. The molecule has 0 saturated carbocycles. The summed E-state index contributed by atoms with van der Waals surface area (Å²) in [4.78, 5) is 11.2. The number of nitrogen functional groups attached to an aromatic ring is 1. The van der Waals surface area contributed by atoms with E-state index in [0.29, 0.717) is 5.69 Å². The van der Waals surface area contributed by atoms with Crippen LogP contribution in [0.4, 0.5) is 21.5 Å². The first-order valence-electron chi connectivity index (χ1n) is 5.74. The van der Waals surface area contributed by atoms with Gasteiger partial charge in [0.2, 0.25) is 0 Å². The Morgan fingerprint density at radius 2 is 2.00 bits per heavy atom. The van der Waals surface area contributed by atoms with Gasteiger partial charge in [0.25, 0.3) is 0 Å². The van der Waals surface area contributed by atoms with Gasteiger partial charge in [0.15, 0.2) is 0 Å². The molecule has 0 bridgehead atoms. The van der Waals surface area contributed by atoms with Crippen LogP contribution >= 0.6 is 15.9 Å². The molecule has 0 aliphatic carbocycles. The van der Waals surface area contributed by atoms with E-state index in [4.69, 9.17) is 5.73 Å². The number of aromatic carboxylic acids is 1. The van der Waals surface area contributed by atoms with Gasteiger partial charge in [-0.25, -0.2) is 9.18 Å². The highest BCUT2D eigenvalue weighted by Gasteiger charge is 2.18. The fourth-order valence-corrected chi connectivity index (χ4v) is 2.15. The van der Waals surface area contributed by atoms with Gasteiger partial charge in [0, 0.05) is 4.47 Å². The molecule has 0 atom stereocenters. The fraction of sp³-hybridized carbons (Fsp3) is 0.0714. The molecule has 2 rings (SSSR count). The standard InChI is InChI=1S/C14H12BrFN2O2/c1-7-2-3-8(15)11(6-7)18-10-5-4-9(16)13(17)12(10)14(19)20/h2-6,18H,17H2,1H3,(H,19,20). The van der Waals surface area contributed by atoms with E-state index in [2.05, 4.69) is 21.2 Å². The van der Waals surface area contributed by atoms with Crippen molar-refractivity contribution in [3.8, 4) is 0 Å². The Balaban J connectivity index is 2.51. The molecule has 4 N–H and O–H groups in total. The molecule has 0 aliphatic heterocycles. The maximum Gasteiger partial charge on any atom is 0.340 e. The second kappa shape index (κ2) is 5.50. The SMILES string of the molecule is Cc1ccc(Br)c(Nc2ccc(F)c(N)c2C(=O)O)c1. The van der Waals surface area contributed by atoms with E-state index in [-0.39, 0.29) is 16.9 Å². The van der Waals surface area contributed by atoms with Gasteiger partial charge in [-0.3, -0.25) is 0 Å². The molecular formula is C14H12BrFN2O2. The number of nitrogens with two attached hydrogens (primary N) is 1. The lowest BCUT2D eigenvalue weighted by molar-refractivity contribution is 0.0698. The highest BCUT2D eigenvalue weighted by molar-refractivity contribution is 9.10. The highest BCUT2D eigenvalue weighted by atomic mass is 79.9. The van der Waals surface area contributed by atoms with Gasteiger partial charge >= 0.3 is 5.97 Å². The number of aryl methyl sites for hydroxylation is 1. The first kappa shape index (κ1) is 14.3. The molecule has 6 heteroatoms. The summed E-state index contributed by atoms with van der Waals surface area (Å²) in [7, 11) is 0. The van der Waals surface area contributed by atoms with E-state index < -0.39 is 11.8 Å². The van der Waals surface area contributed by atoms with Crippen molar-refractivity contribution in [1.29, 1.82) is 0 Å². The molecule has 0 radical (unpaired) electrons. The van der Waals surface area contributed by atoms with Gasteiger partial charge in [-0.1, -0.05) is 6.07 Å². The van der Waals surface area contributed by atoms with Crippen LogP contribution in [-0.2, 0) is 0 Å². The number of carboxylic acid groups (broad SMARTS) is 1. The summed E-state index contributed by atoms with van der Waals surface area (Å²) in [5.41, 5.74) is 6.76. The summed E-state index contributed by atoms with van der Waals surface area (Å²) in [5.74, 6) is -2.04. The van der Waals surface area contributed by atoms with Gasteiger partial charge < -0.3 is 16.2 Å². The average molecular weight is 339 g/mol. The molecule has 0 heterocycles. The highest BCUT2D eigenvalue weighted by Crippen LogP contribution is 2.31. The summed E-state index contributed by atoms with van der Waals surface area (Å²) < 4.78 is 14.1. The minimum absolute atomic E-state index is 0.239. The molecule has 0 saturated heterocycles. The number of carbonyl (C=O) groups is 1. The Morgan fingerprint density at radius 1 is 1.30 bits per heavy atom. The molecular weight excluding hydrogens is 327 g/mol. The fourth-order valence-electron chi connectivity index (χ4n) is 1.81. The summed E-state index contributed by atoms with van der Waals surface area (Å²) in [5, 5.41) is 12.1. The van der Waals surface area contributed by atoms with Crippen molar-refractivity contribution in [3.05, 3.63) is 51.7 Å². The predicted molar refractivity (Wildman–Crippen MR) is 79.9 cm³/mol. The van der Waals surface area contributed by atoms with Crippen LogP contribution in [0.2, 0.25) is 0 Å². The quantitative estimate of drug-likeness (QED) is 0.741. The number of carboxylic acids is 1. The third kappa shape index (κ3) is 2.75. The van der Waals surface area contributed by atoms with Crippen molar-refractivity contribution < 1.29 is 14.3 Å². The van der Waals surface area contributed by atoms with Crippen LogP contribution in [0.1, 0.15) is 15.9 Å². The minimum atomic E-state index is -1.28. The summed E-state index contributed by atoms with van der Waals surface area (Å²) >= 11 is 3.37. The summed E-state index contributed by atoms with van der Waals surface area (Å²) in [6, 6.07) is 8.07. The van der Waals surface area contributed by atoms with Crippen LogP contribution in [-0.4, -0.2) is 11.1 Å². The van der Waals surface area contributed by atoms with E-state index in [1.54, 1.807) is 0 Å². The maximum atomic E-state index is 13.4. The van der Waals surface area contributed by atoms with Crippen LogP contribution in [0.3, 0.4) is 0 Å². The van der Waals surface area contributed by atoms with Gasteiger partial charge in [-0.15, -0.1) is 0 Å². The largest absolute Gasteiger partial charge is 0.478 e. The third-order valence-corrected chi connectivity index (χ3v) is 3.49. The number of halogens is 2. The van der Waals surface area contributed by atoms with Crippen LogP contribution < -0.4 is 11.1 Å². The van der Waals surface area contributed by atoms with Crippen LogP contribution in [0.15, 0.2) is 34.8 Å². The van der Waals surface area contributed by atoms with Gasteiger partial charge in [-0.05, 0) is 52.7 Å². The summed E-state index contributed by atoms with van der Waals surface area (Å²) in [6.07, 6.45) is 0. The van der Waals surface area contributed by atoms with E-state index in [9.17, 15) is 14.3 Å². The predicted octanol–water partition coefficient (Wildman–Crippen LogP) is 3.92. The van der Waals surface area contributed by atoms with Crippen molar-refractivity contribution in [2.24, 2.45) is 0 Å². The second-order valence-corrected chi connectivity index (χ2v) is 5.15. The molecule has 4 nitrogen and oxygen atoms in total. The Kier molecular flexibility index (Phi) is 3.94.